The molecule has 1 heterocycles. The number of rotatable bonds is 0. The van der Waals surface area contributed by atoms with E-state index in [1.165, 1.54) is 11.3 Å². The van der Waals surface area contributed by atoms with Gasteiger partial charge in [0.2, 0.25) is 11.0 Å². The molecule has 0 radical (unpaired) electrons. The molecular weight excluding hydrogens is 182 g/mol. The highest BCUT2D eigenvalue weighted by Crippen LogP contribution is 2.13. The van der Waals surface area contributed by atoms with Crippen LogP contribution in [0.5, 0.6) is 0 Å². The van der Waals surface area contributed by atoms with Crippen molar-refractivity contribution in [1.82, 2.24) is 0 Å². The Hall–Kier alpha value is -0.800. The van der Waals surface area contributed by atoms with Crippen LogP contribution in [-0.2, 0) is 0 Å². The minimum atomic E-state index is 0. The lowest BCUT2D eigenvalue weighted by Gasteiger charge is -1.88. The molecule has 4 heteroatoms. The first-order valence-electron chi connectivity index (χ1n) is 2.93. The van der Waals surface area contributed by atoms with Gasteiger partial charge in [0, 0.05) is 6.07 Å². The largest absolute Gasteiger partial charge is 0.618 e. The van der Waals surface area contributed by atoms with Crippen LogP contribution < -0.4 is 4.73 Å². The van der Waals surface area contributed by atoms with E-state index >= 15 is 0 Å². The van der Waals surface area contributed by atoms with Crippen molar-refractivity contribution < 1.29 is 4.73 Å². The number of nitrogens with zero attached hydrogens (tertiary/aromatic N) is 1. The van der Waals surface area contributed by atoms with Crippen LogP contribution in [0.1, 0.15) is 0 Å². The van der Waals surface area contributed by atoms with E-state index < -0.39 is 0 Å². The summed E-state index contributed by atoms with van der Waals surface area (Å²) in [5.74, 6) is 0. The molecule has 2 aromatic rings. The van der Waals surface area contributed by atoms with Crippen LogP contribution >= 0.6 is 23.7 Å². The van der Waals surface area contributed by atoms with Crippen molar-refractivity contribution in [2.24, 2.45) is 0 Å². The average molecular weight is 188 g/mol. The second-order valence-electron chi connectivity index (χ2n) is 2.02. The predicted molar refractivity (Wildman–Crippen MR) is 48.0 cm³/mol. The highest BCUT2D eigenvalue weighted by Gasteiger charge is 2.02. The van der Waals surface area contributed by atoms with Crippen molar-refractivity contribution in [3.63, 3.8) is 0 Å². The van der Waals surface area contributed by atoms with Gasteiger partial charge in [0.15, 0.2) is 0 Å². The number of hydrogen-bond acceptors (Lipinski definition) is 2. The Morgan fingerprint density at radius 3 is 2.73 bits per heavy atom. The van der Waals surface area contributed by atoms with Gasteiger partial charge in [-0.25, -0.2) is 0 Å². The molecule has 2 nitrogen and oxygen atoms in total. The molecule has 0 spiro atoms. The molecule has 0 fully saturated rings. The van der Waals surface area contributed by atoms with Crippen molar-refractivity contribution >= 4 is 34.0 Å². The number of aromatic nitrogens is 1. The van der Waals surface area contributed by atoms with Crippen molar-refractivity contribution in [3.8, 4) is 0 Å². The number of halogens is 1. The Balaban J connectivity index is 0.000000605. The van der Waals surface area contributed by atoms with E-state index in [9.17, 15) is 5.21 Å². The Morgan fingerprint density at radius 2 is 2.00 bits per heavy atom. The van der Waals surface area contributed by atoms with Crippen molar-refractivity contribution in [2.75, 3.05) is 0 Å². The number of thiazole rings is 1. The molecule has 0 saturated carbocycles. The van der Waals surface area contributed by atoms with Gasteiger partial charge in [-0.15, -0.1) is 12.4 Å². The molecule has 0 atom stereocenters. The second kappa shape index (κ2) is 3.07. The molecule has 0 amide bonds. The van der Waals surface area contributed by atoms with Crippen LogP contribution in [0.25, 0.3) is 10.2 Å². The van der Waals surface area contributed by atoms with Crippen LogP contribution in [0.3, 0.4) is 0 Å². The summed E-state index contributed by atoms with van der Waals surface area (Å²) in [6, 6.07) is 7.55. The molecule has 58 valence electrons. The van der Waals surface area contributed by atoms with Gasteiger partial charge in [-0.3, -0.25) is 0 Å². The Kier molecular flexibility index (Phi) is 2.31. The van der Waals surface area contributed by atoms with E-state index in [1.54, 1.807) is 5.51 Å². The van der Waals surface area contributed by atoms with E-state index in [-0.39, 0.29) is 12.4 Å². The zero-order chi connectivity index (χ0) is 6.97. The lowest BCUT2D eigenvalue weighted by molar-refractivity contribution is -0.572. The average Bonchev–Trinajstić information content (AvgIpc) is 2.34. The molecule has 11 heavy (non-hydrogen) atoms. The maximum Gasteiger partial charge on any atom is 0.237 e. The maximum absolute atomic E-state index is 10.9. The summed E-state index contributed by atoms with van der Waals surface area (Å²) in [5.41, 5.74) is 2.32. The number of benzene rings is 1. The topological polar surface area (TPSA) is 26.9 Å². The Labute approximate surface area is 74.1 Å². The molecule has 0 aliphatic carbocycles. The highest BCUT2D eigenvalue weighted by atomic mass is 35.5. The van der Waals surface area contributed by atoms with Crippen LogP contribution in [-0.4, -0.2) is 0 Å². The smallest absolute Gasteiger partial charge is 0.237 e. The number of para-hydroxylation sites is 1. The fourth-order valence-corrected chi connectivity index (χ4v) is 1.66. The first-order valence-corrected chi connectivity index (χ1v) is 3.81. The molecule has 0 unspecified atom stereocenters. The monoisotopic (exact) mass is 187 g/mol. The summed E-state index contributed by atoms with van der Waals surface area (Å²) in [6.45, 7) is 0. The zero-order valence-corrected chi connectivity index (χ0v) is 7.19. The lowest BCUT2D eigenvalue weighted by Crippen LogP contribution is -2.21. The molecule has 0 bridgehead atoms. The Bertz CT molecular complexity index is 360. The van der Waals surface area contributed by atoms with Crippen molar-refractivity contribution in [2.45, 2.75) is 0 Å². The summed E-state index contributed by atoms with van der Waals surface area (Å²) in [7, 11) is 0. The van der Waals surface area contributed by atoms with E-state index in [2.05, 4.69) is 0 Å². The zero-order valence-electron chi connectivity index (χ0n) is 5.56. The van der Waals surface area contributed by atoms with Gasteiger partial charge < -0.3 is 5.21 Å². The van der Waals surface area contributed by atoms with Gasteiger partial charge in [-0.1, -0.05) is 23.5 Å². The summed E-state index contributed by atoms with van der Waals surface area (Å²) in [4.78, 5) is 0. The standard InChI is InChI=1S/C7H5NOS.ClH/c9-8-5-10-7-4-2-1-3-6(7)8;/h1-5H;1H. The number of fused-ring (bicyclic) bond motifs is 1. The van der Waals surface area contributed by atoms with Gasteiger partial charge >= 0.3 is 0 Å². The van der Waals surface area contributed by atoms with Gasteiger partial charge in [0.1, 0.15) is 4.70 Å². The molecule has 0 aliphatic rings. The summed E-state index contributed by atoms with van der Waals surface area (Å²) >= 11 is 1.46. The first kappa shape index (κ1) is 8.30. The van der Waals surface area contributed by atoms with Gasteiger partial charge in [-0.05, 0) is 6.07 Å². The number of hydrogen-bond donors (Lipinski definition) is 0. The van der Waals surface area contributed by atoms with Crippen LogP contribution in [0.15, 0.2) is 29.8 Å². The van der Waals surface area contributed by atoms with Crippen molar-refractivity contribution in [1.29, 1.82) is 0 Å². The summed E-state index contributed by atoms with van der Waals surface area (Å²) < 4.78 is 1.93. The van der Waals surface area contributed by atoms with Crippen molar-refractivity contribution in [3.05, 3.63) is 35.0 Å². The van der Waals surface area contributed by atoms with E-state index in [1.807, 2.05) is 24.3 Å². The fourth-order valence-electron chi connectivity index (χ4n) is 0.900. The maximum atomic E-state index is 10.9. The highest BCUT2D eigenvalue weighted by molar-refractivity contribution is 7.16. The van der Waals surface area contributed by atoms with Crippen LogP contribution in [0.4, 0.5) is 0 Å². The van der Waals surface area contributed by atoms with Crippen LogP contribution in [0, 0.1) is 5.21 Å². The minimum Gasteiger partial charge on any atom is -0.618 e. The molecule has 0 saturated heterocycles. The van der Waals surface area contributed by atoms with Crippen LogP contribution in [0.2, 0.25) is 0 Å². The molecule has 2 rings (SSSR count). The quantitative estimate of drug-likeness (QED) is 0.458. The summed E-state index contributed by atoms with van der Waals surface area (Å²) in [6.07, 6.45) is 0. The Morgan fingerprint density at radius 1 is 1.27 bits per heavy atom. The van der Waals surface area contributed by atoms with Gasteiger partial charge in [0.05, 0.1) is 0 Å². The predicted octanol–water partition coefficient (Wildman–Crippen LogP) is 1.96. The third kappa shape index (κ3) is 1.29. The summed E-state index contributed by atoms with van der Waals surface area (Å²) in [5, 5.41) is 10.9. The second-order valence-corrected chi connectivity index (χ2v) is 2.90. The van der Waals surface area contributed by atoms with Gasteiger partial charge in [-0.2, -0.15) is 4.73 Å². The van der Waals surface area contributed by atoms with Gasteiger partial charge in [0.25, 0.3) is 0 Å². The van der Waals surface area contributed by atoms with E-state index in [4.69, 9.17) is 0 Å². The molecule has 0 aliphatic heterocycles. The fraction of sp³-hybridized carbons (Fsp3) is 0. The third-order valence-electron chi connectivity index (χ3n) is 1.38. The lowest BCUT2D eigenvalue weighted by atomic mass is 10.3. The first-order chi connectivity index (χ1) is 4.88. The minimum absolute atomic E-state index is 0. The normalized spacial score (nSPS) is 9.45. The van der Waals surface area contributed by atoms with E-state index in [0.717, 1.165) is 14.9 Å². The molecular formula is C7H6ClNOS. The SMILES string of the molecule is Cl.[O-][n+]1csc2ccccc21. The van der Waals surface area contributed by atoms with E-state index in [0.29, 0.717) is 0 Å². The molecule has 1 aromatic heterocycles. The molecule has 1 aromatic carbocycles. The third-order valence-corrected chi connectivity index (χ3v) is 2.27. The molecule has 0 N–H and O–H groups in total.